The van der Waals surface area contributed by atoms with E-state index in [4.69, 9.17) is 4.74 Å². The Morgan fingerprint density at radius 2 is 1.75 bits per heavy atom. The van der Waals surface area contributed by atoms with Crippen molar-refractivity contribution in [1.82, 2.24) is 5.32 Å². The molecule has 20 heavy (non-hydrogen) atoms. The van der Waals surface area contributed by atoms with Crippen molar-refractivity contribution in [2.45, 2.75) is 51.9 Å². The van der Waals surface area contributed by atoms with Gasteiger partial charge in [0.15, 0.2) is 0 Å². The average Bonchev–Trinajstić information content (AvgIpc) is 2.51. The highest BCUT2D eigenvalue weighted by Gasteiger charge is 2.29. The van der Waals surface area contributed by atoms with Gasteiger partial charge in [-0.2, -0.15) is 0 Å². The first-order chi connectivity index (χ1) is 9.79. The summed E-state index contributed by atoms with van der Waals surface area (Å²) in [6, 6.07) is 10.9. The van der Waals surface area contributed by atoms with Gasteiger partial charge in [-0.25, -0.2) is 0 Å². The SMILES string of the molecule is CCCNCC(CC)(CCOCCC)c1ccccc1. The Kier molecular flexibility index (Phi) is 8.56. The highest BCUT2D eigenvalue weighted by atomic mass is 16.5. The maximum Gasteiger partial charge on any atom is 0.0475 e. The summed E-state index contributed by atoms with van der Waals surface area (Å²) in [5.41, 5.74) is 1.63. The quantitative estimate of drug-likeness (QED) is 0.613. The summed E-state index contributed by atoms with van der Waals surface area (Å²) >= 11 is 0. The van der Waals surface area contributed by atoms with E-state index >= 15 is 0 Å². The molecule has 114 valence electrons. The minimum atomic E-state index is 0.199. The second-order valence-electron chi connectivity index (χ2n) is 5.54. The molecule has 1 aromatic rings. The van der Waals surface area contributed by atoms with E-state index < -0.39 is 0 Å². The summed E-state index contributed by atoms with van der Waals surface area (Å²) in [6.07, 6.45) is 4.51. The fourth-order valence-electron chi connectivity index (χ4n) is 2.65. The van der Waals surface area contributed by atoms with Crippen LogP contribution >= 0.6 is 0 Å². The lowest BCUT2D eigenvalue weighted by Gasteiger charge is -2.34. The Bertz CT molecular complexity index is 339. The van der Waals surface area contributed by atoms with E-state index in [0.717, 1.165) is 45.6 Å². The highest BCUT2D eigenvalue weighted by molar-refractivity contribution is 5.26. The second kappa shape index (κ2) is 9.95. The summed E-state index contributed by atoms with van der Waals surface area (Å²) in [6.45, 7) is 10.5. The molecule has 2 heteroatoms. The van der Waals surface area contributed by atoms with Gasteiger partial charge in [0.25, 0.3) is 0 Å². The third-order valence-electron chi connectivity index (χ3n) is 4.03. The van der Waals surface area contributed by atoms with Crippen molar-refractivity contribution >= 4 is 0 Å². The zero-order valence-corrected chi connectivity index (χ0v) is 13.5. The maximum atomic E-state index is 5.74. The normalized spacial score (nSPS) is 14.2. The summed E-state index contributed by atoms with van der Waals surface area (Å²) in [5, 5.41) is 3.61. The molecule has 1 atom stereocenters. The summed E-state index contributed by atoms with van der Waals surface area (Å²) < 4.78 is 5.74. The molecule has 0 amide bonds. The predicted molar refractivity (Wildman–Crippen MR) is 87.3 cm³/mol. The molecule has 1 rings (SSSR count). The molecule has 0 fully saturated rings. The van der Waals surface area contributed by atoms with Crippen LogP contribution in [0.3, 0.4) is 0 Å². The maximum absolute atomic E-state index is 5.74. The molecule has 0 aliphatic rings. The van der Waals surface area contributed by atoms with E-state index in [1.165, 1.54) is 12.0 Å². The van der Waals surface area contributed by atoms with Crippen LogP contribution in [0, 0.1) is 0 Å². The van der Waals surface area contributed by atoms with E-state index in [9.17, 15) is 0 Å². The minimum Gasteiger partial charge on any atom is -0.381 e. The molecular formula is C18H31NO. The van der Waals surface area contributed by atoms with Crippen molar-refractivity contribution in [2.24, 2.45) is 0 Å². The van der Waals surface area contributed by atoms with Gasteiger partial charge in [-0.15, -0.1) is 0 Å². The Morgan fingerprint density at radius 3 is 2.35 bits per heavy atom. The Balaban J connectivity index is 2.74. The van der Waals surface area contributed by atoms with E-state index in [1.807, 2.05) is 0 Å². The summed E-state index contributed by atoms with van der Waals surface area (Å²) in [4.78, 5) is 0. The molecular weight excluding hydrogens is 246 g/mol. The zero-order chi connectivity index (χ0) is 14.7. The third kappa shape index (κ3) is 5.26. The van der Waals surface area contributed by atoms with Crippen LogP contribution in [0.25, 0.3) is 0 Å². The first-order valence-electron chi connectivity index (χ1n) is 8.13. The van der Waals surface area contributed by atoms with Gasteiger partial charge in [0.2, 0.25) is 0 Å². The summed E-state index contributed by atoms with van der Waals surface area (Å²) in [5.74, 6) is 0. The van der Waals surface area contributed by atoms with Gasteiger partial charge in [-0.3, -0.25) is 0 Å². The topological polar surface area (TPSA) is 21.3 Å². The third-order valence-corrected chi connectivity index (χ3v) is 4.03. The Labute approximate surface area is 124 Å². The monoisotopic (exact) mass is 277 g/mol. The Morgan fingerprint density at radius 1 is 1.00 bits per heavy atom. The first kappa shape index (κ1) is 17.2. The highest BCUT2D eigenvalue weighted by Crippen LogP contribution is 2.31. The molecule has 0 saturated carbocycles. The largest absolute Gasteiger partial charge is 0.381 e. The number of rotatable bonds is 11. The van der Waals surface area contributed by atoms with Gasteiger partial charge >= 0.3 is 0 Å². The molecule has 0 aliphatic carbocycles. The lowest BCUT2D eigenvalue weighted by molar-refractivity contribution is 0.112. The van der Waals surface area contributed by atoms with Crippen LogP contribution in [0.1, 0.15) is 52.0 Å². The molecule has 2 nitrogen and oxygen atoms in total. The summed E-state index contributed by atoms with van der Waals surface area (Å²) in [7, 11) is 0. The van der Waals surface area contributed by atoms with Crippen molar-refractivity contribution in [2.75, 3.05) is 26.3 Å². The molecule has 1 aromatic carbocycles. The van der Waals surface area contributed by atoms with Crippen molar-refractivity contribution in [3.8, 4) is 0 Å². The first-order valence-corrected chi connectivity index (χ1v) is 8.13. The van der Waals surface area contributed by atoms with E-state index in [0.29, 0.717) is 0 Å². The number of hydrogen-bond acceptors (Lipinski definition) is 2. The van der Waals surface area contributed by atoms with Crippen LogP contribution in [-0.2, 0) is 10.2 Å². The fraction of sp³-hybridized carbons (Fsp3) is 0.667. The van der Waals surface area contributed by atoms with Gasteiger partial charge in [0.1, 0.15) is 0 Å². The van der Waals surface area contributed by atoms with Crippen LogP contribution in [0.2, 0.25) is 0 Å². The fourth-order valence-corrected chi connectivity index (χ4v) is 2.65. The van der Waals surface area contributed by atoms with Gasteiger partial charge < -0.3 is 10.1 Å². The van der Waals surface area contributed by atoms with Crippen molar-refractivity contribution in [1.29, 1.82) is 0 Å². The van der Waals surface area contributed by atoms with Crippen molar-refractivity contribution in [3.63, 3.8) is 0 Å². The standard InChI is InChI=1S/C18H31NO/c1-4-13-19-16-18(6-3,12-15-20-14-5-2)17-10-8-7-9-11-17/h7-11,19H,4-6,12-16H2,1-3H3. The number of nitrogens with one attached hydrogen (secondary N) is 1. The van der Waals surface area contributed by atoms with Crippen LogP contribution in [0.5, 0.6) is 0 Å². The lowest BCUT2D eigenvalue weighted by Crippen LogP contribution is -2.39. The van der Waals surface area contributed by atoms with Gasteiger partial charge in [-0.1, -0.05) is 51.1 Å². The smallest absolute Gasteiger partial charge is 0.0475 e. The Hall–Kier alpha value is -0.860. The molecule has 0 radical (unpaired) electrons. The molecule has 0 saturated heterocycles. The van der Waals surface area contributed by atoms with E-state index in [-0.39, 0.29) is 5.41 Å². The molecule has 0 aliphatic heterocycles. The van der Waals surface area contributed by atoms with Crippen LogP contribution in [0.15, 0.2) is 30.3 Å². The predicted octanol–water partition coefficient (Wildman–Crippen LogP) is 4.15. The average molecular weight is 277 g/mol. The molecule has 0 bridgehead atoms. The minimum absolute atomic E-state index is 0.199. The molecule has 0 heterocycles. The van der Waals surface area contributed by atoms with Crippen LogP contribution in [-0.4, -0.2) is 26.3 Å². The van der Waals surface area contributed by atoms with E-state index in [1.54, 1.807) is 0 Å². The van der Waals surface area contributed by atoms with Gasteiger partial charge in [0, 0.05) is 25.2 Å². The van der Waals surface area contributed by atoms with Crippen molar-refractivity contribution < 1.29 is 4.74 Å². The zero-order valence-electron chi connectivity index (χ0n) is 13.5. The van der Waals surface area contributed by atoms with Crippen molar-refractivity contribution in [3.05, 3.63) is 35.9 Å². The molecule has 1 N–H and O–H groups in total. The van der Waals surface area contributed by atoms with E-state index in [2.05, 4.69) is 56.4 Å². The lowest BCUT2D eigenvalue weighted by atomic mass is 9.75. The number of benzene rings is 1. The molecule has 0 spiro atoms. The van der Waals surface area contributed by atoms with Gasteiger partial charge in [-0.05, 0) is 37.8 Å². The van der Waals surface area contributed by atoms with Gasteiger partial charge in [0.05, 0.1) is 0 Å². The molecule has 1 unspecified atom stereocenters. The van der Waals surface area contributed by atoms with Crippen LogP contribution < -0.4 is 5.32 Å². The molecule has 0 aromatic heterocycles. The number of ether oxygens (including phenoxy) is 1. The van der Waals surface area contributed by atoms with Crippen LogP contribution in [0.4, 0.5) is 0 Å². The second-order valence-corrected chi connectivity index (χ2v) is 5.54. The number of hydrogen-bond donors (Lipinski definition) is 1.